The predicted octanol–water partition coefficient (Wildman–Crippen LogP) is 4.59. The molecule has 0 saturated heterocycles. The summed E-state index contributed by atoms with van der Waals surface area (Å²) in [5, 5.41) is 2.78. The van der Waals surface area contributed by atoms with Gasteiger partial charge in [0.25, 0.3) is 0 Å². The van der Waals surface area contributed by atoms with Gasteiger partial charge in [0.2, 0.25) is 5.91 Å². The van der Waals surface area contributed by atoms with E-state index >= 15 is 0 Å². The SMILES string of the molecule is CCCOc1ccccc1NC(=O)C(C)Sc1ccccc1. The van der Waals surface area contributed by atoms with Crippen LogP contribution in [0.3, 0.4) is 0 Å². The summed E-state index contributed by atoms with van der Waals surface area (Å²) in [5.74, 6) is 0.691. The van der Waals surface area contributed by atoms with Crippen molar-refractivity contribution in [1.29, 1.82) is 0 Å². The molecule has 2 aromatic rings. The van der Waals surface area contributed by atoms with E-state index < -0.39 is 0 Å². The summed E-state index contributed by atoms with van der Waals surface area (Å²) in [6.45, 7) is 4.60. The minimum atomic E-state index is -0.179. The van der Waals surface area contributed by atoms with Crippen molar-refractivity contribution in [1.82, 2.24) is 0 Å². The summed E-state index contributed by atoms with van der Waals surface area (Å²) in [4.78, 5) is 13.4. The number of carbonyl (C=O) groups is 1. The van der Waals surface area contributed by atoms with Crippen molar-refractivity contribution in [2.75, 3.05) is 11.9 Å². The number of hydrogen-bond donors (Lipinski definition) is 1. The Kier molecular flexibility index (Phi) is 6.34. The lowest BCUT2D eigenvalue weighted by molar-refractivity contribution is -0.115. The first kappa shape index (κ1) is 16.4. The Hall–Kier alpha value is -1.94. The number of rotatable bonds is 7. The largest absolute Gasteiger partial charge is 0.491 e. The average molecular weight is 315 g/mol. The van der Waals surface area contributed by atoms with Gasteiger partial charge >= 0.3 is 0 Å². The second-order valence-electron chi connectivity index (χ2n) is 4.91. The summed E-state index contributed by atoms with van der Waals surface area (Å²) >= 11 is 1.54. The van der Waals surface area contributed by atoms with Gasteiger partial charge in [-0.25, -0.2) is 0 Å². The highest BCUT2D eigenvalue weighted by molar-refractivity contribution is 8.00. The number of thioether (sulfide) groups is 1. The van der Waals surface area contributed by atoms with Gasteiger partial charge in [0.1, 0.15) is 5.75 Å². The Morgan fingerprint density at radius 1 is 1.14 bits per heavy atom. The monoisotopic (exact) mass is 315 g/mol. The fourth-order valence-corrected chi connectivity index (χ4v) is 2.79. The number of benzene rings is 2. The van der Waals surface area contributed by atoms with Gasteiger partial charge < -0.3 is 10.1 Å². The molecular formula is C18H21NO2S. The maximum Gasteiger partial charge on any atom is 0.237 e. The molecule has 0 aromatic heterocycles. The van der Waals surface area contributed by atoms with E-state index in [1.165, 1.54) is 0 Å². The molecular weight excluding hydrogens is 294 g/mol. The van der Waals surface area contributed by atoms with E-state index in [0.29, 0.717) is 6.61 Å². The number of nitrogens with one attached hydrogen (secondary N) is 1. The van der Waals surface area contributed by atoms with Crippen LogP contribution < -0.4 is 10.1 Å². The van der Waals surface area contributed by atoms with Crippen molar-refractivity contribution in [3.8, 4) is 5.75 Å². The first-order valence-corrected chi connectivity index (χ1v) is 8.33. The van der Waals surface area contributed by atoms with Crippen LogP contribution in [0.15, 0.2) is 59.5 Å². The molecule has 1 N–H and O–H groups in total. The number of ether oxygens (including phenoxy) is 1. The van der Waals surface area contributed by atoms with Crippen LogP contribution in [0.4, 0.5) is 5.69 Å². The molecule has 22 heavy (non-hydrogen) atoms. The van der Waals surface area contributed by atoms with Crippen LogP contribution >= 0.6 is 11.8 Å². The van der Waals surface area contributed by atoms with Gasteiger partial charge in [0, 0.05) is 4.90 Å². The Morgan fingerprint density at radius 2 is 1.82 bits per heavy atom. The summed E-state index contributed by atoms with van der Waals surface area (Å²) < 4.78 is 5.66. The Bertz CT molecular complexity index is 601. The van der Waals surface area contributed by atoms with Crippen molar-refractivity contribution in [3.05, 3.63) is 54.6 Å². The fourth-order valence-electron chi connectivity index (χ4n) is 1.90. The molecule has 0 spiro atoms. The highest BCUT2D eigenvalue weighted by Gasteiger charge is 2.16. The van der Waals surface area contributed by atoms with Crippen molar-refractivity contribution >= 4 is 23.4 Å². The lowest BCUT2D eigenvalue weighted by Gasteiger charge is -2.15. The molecule has 1 unspecified atom stereocenters. The highest BCUT2D eigenvalue weighted by atomic mass is 32.2. The Morgan fingerprint density at radius 3 is 2.55 bits per heavy atom. The summed E-state index contributed by atoms with van der Waals surface area (Å²) in [6.07, 6.45) is 0.933. The van der Waals surface area contributed by atoms with E-state index in [4.69, 9.17) is 4.74 Å². The summed E-state index contributed by atoms with van der Waals surface area (Å²) in [7, 11) is 0. The van der Waals surface area contributed by atoms with E-state index in [1.54, 1.807) is 11.8 Å². The third-order valence-corrected chi connectivity index (χ3v) is 4.14. The van der Waals surface area contributed by atoms with Gasteiger partial charge in [-0.3, -0.25) is 4.79 Å². The van der Waals surface area contributed by atoms with Gasteiger partial charge in [-0.15, -0.1) is 11.8 Å². The average Bonchev–Trinajstić information content (AvgIpc) is 2.55. The minimum Gasteiger partial charge on any atom is -0.491 e. The smallest absolute Gasteiger partial charge is 0.237 e. The number of para-hydroxylation sites is 2. The van der Waals surface area contributed by atoms with Crippen molar-refractivity contribution in [2.45, 2.75) is 30.4 Å². The topological polar surface area (TPSA) is 38.3 Å². The molecule has 4 heteroatoms. The van der Waals surface area contributed by atoms with Gasteiger partial charge in [0.15, 0.2) is 0 Å². The molecule has 0 heterocycles. The summed E-state index contributed by atoms with van der Waals surface area (Å²) in [5.41, 5.74) is 0.724. The lowest BCUT2D eigenvalue weighted by atomic mass is 10.3. The van der Waals surface area contributed by atoms with E-state index in [0.717, 1.165) is 22.8 Å². The molecule has 0 aliphatic carbocycles. The zero-order chi connectivity index (χ0) is 15.8. The van der Waals surface area contributed by atoms with Gasteiger partial charge in [-0.1, -0.05) is 37.3 Å². The van der Waals surface area contributed by atoms with Crippen LogP contribution in [0.25, 0.3) is 0 Å². The maximum atomic E-state index is 12.4. The molecule has 2 aromatic carbocycles. The zero-order valence-electron chi connectivity index (χ0n) is 12.9. The lowest BCUT2D eigenvalue weighted by Crippen LogP contribution is -2.22. The molecule has 3 nitrogen and oxygen atoms in total. The minimum absolute atomic E-state index is 0.0265. The highest BCUT2D eigenvalue weighted by Crippen LogP contribution is 2.27. The first-order valence-electron chi connectivity index (χ1n) is 7.45. The molecule has 116 valence electrons. The second kappa shape index (κ2) is 8.49. The van der Waals surface area contributed by atoms with Crippen LogP contribution in [-0.4, -0.2) is 17.8 Å². The van der Waals surface area contributed by atoms with E-state index in [2.05, 4.69) is 12.2 Å². The van der Waals surface area contributed by atoms with Crippen LogP contribution in [0.2, 0.25) is 0 Å². The van der Waals surface area contributed by atoms with Gasteiger partial charge in [0.05, 0.1) is 17.5 Å². The third kappa shape index (κ3) is 4.81. The van der Waals surface area contributed by atoms with E-state index in [1.807, 2.05) is 61.5 Å². The first-order chi connectivity index (χ1) is 10.7. The van der Waals surface area contributed by atoms with Gasteiger partial charge in [-0.2, -0.15) is 0 Å². The summed E-state index contributed by atoms with van der Waals surface area (Å²) in [6, 6.07) is 17.5. The fraction of sp³-hybridized carbons (Fsp3) is 0.278. The van der Waals surface area contributed by atoms with Crippen LogP contribution in [0, 0.1) is 0 Å². The number of hydrogen-bond acceptors (Lipinski definition) is 3. The maximum absolute atomic E-state index is 12.4. The number of anilines is 1. The van der Waals surface area contributed by atoms with Crippen LogP contribution in [0.5, 0.6) is 5.75 Å². The molecule has 2 rings (SSSR count). The Balaban J connectivity index is 1.99. The van der Waals surface area contributed by atoms with Crippen molar-refractivity contribution in [3.63, 3.8) is 0 Å². The normalized spacial score (nSPS) is 11.7. The molecule has 0 aliphatic heterocycles. The van der Waals surface area contributed by atoms with Crippen molar-refractivity contribution < 1.29 is 9.53 Å². The molecule has 0 radical (unpaired) electrons. The molecule has 0 aliphatic rings. The Labute approximate surface area is 136 Å². The van der Waals surface area contributed by atoms with Crippen molar-refractivity contribution in [2.24, 2.45) is 0 Å². The van der Waals surface area contributed by atoms with E-state index in [9.17, 15) is 4.79 Å². The standard InChI is InChI=1S/C18H21NO2S/c1-3-13-21-17-12-8-7-11-16(17)19-18(20)14(2)22-15-9-5-4-6-10-15/h4-12,14H,3,13H2,1-2H3,(H,19,20). The zero-order valence-corrected chi connectivity index (χ0v) is 13.7. The molecule has 0 bridgehead atoms. The van der Waals surface area contributed by atoms with Gasteiger partial charge in [-0.05, 0) is 37.6 Å². The molecule has 1 amide bonds. The second-order valence-corrected chi connectivity index (χ2v) is 6.32. The predicted molar refractivity (Wildman–Crippen MR) is 92.6 cm³/mol. The van der Waals surface area contributed by atoms with E-state index in [-0.39, 0.29) is 11.2 Å². The third-order valence-electron chi connectivity index (χ3n) is 3.03. The molecule has 1 atom stereocenters. The molecule has 0 fully saturated rings. The van der Waals surface area contributed by atoms with Crippen LogP contribution in [0.1, 0.15) is 20.3 Å². The molecule has 0 saturated carbocycles. The van der Waals surface area contributed by atoms with Crippen LogP contribution in [-0.2, 0) is 4.79 Å². The quantitative estimate of drug-likeness (QED) is 0.759. The number of carbonyl (C=O) groups excluding carboxylic acids is 1. The number of amides is 1.